The molecule has 0 atom stereocenters. The van der Waals surface area contributed by atoms with Gasteiger partial charge in [0.2, 0.25) is 15.7 Å². The number of aromatic nitrogens is 1. The molecule has 1 aromatic heterocycles. The number of rotatable bonds is 8. The van der Waals surface area contributed by atoms with Crippen LogP contribution in [-0.2, 0) is 21.2 Å². The molecule has 0 aliphatic heterocycles. The van der Waals surface area contributed by atoms with Gasteiger partial charge in [0.15, 0.2) is 0 Å². The van der Waals surface area contributed by atoms with E-state index in [1.807, 2.05) is 13.8 Å². The topological polar surface area (TPSA) is 68.2 Å². The summed E-state index contributed by atoms with van der Waals surface area (Å²) in [5.41, 5.74) is 1.44. The zero-order chi connectivity index (χ0) is 19.3. The van der Waals surface area contributed by atoms with E-state index in [4.69, 9.17) is 0 Å². The molecular formula is C20H26N2O3S. The van der Waals surface area contributed by atoms with Crippen molar-refractivity contribution < 1.29 is 13.2 Å². The van der Waals surface area contributed by atoms with E-state index in [2.05, 4.69) is 11.9 Å². The standard InChI is InChI=1S/C20H26N2O3S/c1-5-7-13-18(23)21-20-19(15(3)16(4)22(20)14-6-2)26(24,25)17-11-9-8-10-12-17/h6,8-12H,2,5,7,13-14H2,1,3-4H3,(H,21,23). The molecule has 1 N–H and O–H groups in total. The molecule has 26 heavy (non-hydrogen) atoms. The molecule has 6 heteroatoms. The summed E-state index contributed by atoms with van der Waals surface area (Å²) < 4.78 is 28.3. The number of amides is 1. The SMILES string of the molecule is C=CCn1c(C)c(C)c(S(=O)(=O)c2ccccc2)c1NC(=O)CCCC. The van der Waals surface area contributed by atoms with Gasteiger partial charge in [-0.3, -0.25) is 4.79 Å². The minimum atomic E-state index is -3.76. The van der Waals surface area contributed by atoms with Crippen LogP contribution in [-0.4, -0.2) is 18.9 Å². The lowest BCUT2D eigenvalue weighted by atomic mass is 10.2. The van der Waals surface area contributed by atoms with Gasteiger partial charge in [0.05, 0.1) is 4.90 Å². The lowest BCUT2D eigenvalue weighted by molar-refractivity contribution is -0.116. The minimum Gasteiger partial charge on any atom is -0.327 e. The van der Waals surface area contributed by atoms with Crippen LogP contribution >= 0.6 is 0 Å². The number of hydrogen-bond acceptors (Lipinski definition) is 3. The fraction of sp³-hybridized carbons (Fsp3) is 0.350. The molecule has 0 saturated heterocycles. The van der Waals surface area contributed by atoms with Gasteiger partial charge in [-0.25, -0.2) is 8.42 Å². The summed E-state index contributed by atoms with van der Waals surface area (Å²) >= 11 is 0. The summed E-state index contributed by atoms with van der Waals surface area (Å²) in [5.74, 6) is 0.143. The number of unbranched alkanes of at least 4 members (excludes halogenated alkanes) is 1. The number of nitrogens with zero attached hydrogens (tertiary/aromatic N) is 1. The van der Waals surface area contributed by atoms with Crippen LogP contribution in [0, 0.1) is 13.8 Å². The summed E-state index contributed by atoms with van der Waals surface area (Å²) in [7, 11) is -3.76. The maximum atomic E-state index is 13.3. The van der Waals surface area contributed by atoms with Crippen LogP contribution in [0.3, 0.4) is 0 Å². The van der Waals surface area contributed by atoms with Crippen molar-refractivity contribution in [1.29, 1.82) is 0 Å². The maximum absolute atomic E-state index is 13.3. The molecule has 0 spiro atoms. The lowest BCUT2D eigenvalue weighted by Gasteiger charge is -2.13. The van der Waals surface area contributed by atoms with Gasteiger partial charge in [-0.2, -0.15) is 0 Å². The Morgan fingerprint density at radius 1 is 1.23 bits per heavy atom. The fourth-order valence-corrected chi connectivity index (χ4v) is 4.61. The number of nitrogens with one attached hydrogen (secondary N) is 1. The number of carbonyl (C=O) groups is 1. The fourth-order valence-electron chi connectivity index (χ4n) is 2.89. The Morgan fingerprint density at radius 3 is 2.46 bits per heavy atom. The van der Waals surface area contributed by atoms with Gasteiger partial charge < -0.3 is 9.88 Å². The van der Waals surface area contributed by atoms with Crippen molar-refractivity contribution in [3.05, 3.63) is 54.2 Å². The highest BCUT2D eigenvalue weighted by Gasteiger charge is 2.30. The van der Waals surface area contributed by atoms with Gasteiger partial charge in [0, 0.05) is 18.7 Å². The van der Waals surface area contributed by atoms with Gasteiger partial charge in [-0.1, -0.05) is 37.6 Å². The first kappa shape index (κ1) is 20.0. The van der Waals surface area contributed by atoms with E-state index in [0.29, 0.717) is 24.3 Å². The molecule has 2 aromatic rings. The van der Waals surface area contributed by atoms with Crippen LogP contribution < -0.4 is 5.32 Å². The average Bonchev–Trinajstić information content (AvgIpc) is 2.86. The zero-order valence-electron chi connectivity index (χ0n) is 15.6. The van der Waals surface area contributed by atoms with Crippen LogP contribution in [0.1, 0.15) is 37.4 Å². The van der Waals surface area contributed by atoms with Crippen LogP contribution in [0.2, 0.25) is 0 Å². The Hall–Kier alpha value is -2.34. The minimum absolute atomic E-state index is 0.160. The van der Waals surface area contributed by atoms with Gasteiger partial charge in [-0.05, 0) is 38.0 Å². The third-order valence-corrected chi connectivity index (χ3v) is 6.35. The third kappa shape index (κ3) is 3.90. The molecule has 0 bridgehead atoms. The Labute approximate surface area is 155 Å². The first-order chi connectivity index (χ1) is 12.3. The summed E-state index contributed by atoms with van der Waals surface area (Å²) in [6.07, 6.45) is 3.70. The van der Waals surface area contributed by atoms with E-state index in [9.17, 15) is 13.2 Å². The van der Waals surface area contributed by atoms with Crippen molar-refractivity contribution in [2.45, 2.75) is 56.4 Å². The number of carbonyl (C=O) groups excluding carboxylic acids is 1. The first-order valence-corrected chi connectivity index (χ1v) is 10.2. The predicted octanol–water partition coefficient (Wildman–Crippen LogP) is 4.25. The van der Waals surface area contributed by atoms with Crippen molar-refractivity contribution in [2.75, 3.05) is 5.32 Å². The van der Waals surface area contributed by atoms with Crippen molar-refractivity contribution >= 4 is 21.6 Å². The Morgan fingerprint density at radius 2 is 1.88 bits per heavy atom. The number of sulfone groups is 1. The second-order valence-electron chi connectivity index (χ2n) is 6.26. The molecule has 0 aliphatic carbocycles. The first-order valence-electron chi connectivity index (χ1n) is 8.75. The smallest absolute Gasteiger partial charge is 0.225 e. The summed E-state index contributed by atoms with van der Waals surface area (Å²) in [4.78, 5) is 12.7. The summed E-state index contributed by atoms with van der Waals surface area (Å²) in [5, 5.41) is 2.83. The summed E-state index contributed by atoms with van der Waals surface area (Å²) in [6, 6.07) is 8.29. The van der Waals surface area contributed by atoms with Crippen LogP contribution in [0.4, 0.5) is 5.82 Å². The number of hydrogen-bond donors (Lipinski definition) is 1. The molecular weight excluding hydrogens is 348 g/mol. The van der Waals surface area contributed by atoms with Gasteiger partial charge in [0.25, 0.3) is 0 Å². The van der Waals surface area contributed by atoms with Crippen LogP contribution in [0.25, 0.3) is 0 Å². The van der Waals surface area contributed by atoms with Crippen molar-refractivity contribution in [3.8, 4) is 0 Å². The predicted molar refractivity (Wildman–Crippen MR) is 104 cm³/mol. The second-order valence-corrected chi connectivity index (χ2v) is 8.14. The van der Waals surface area contributed by atoms with Crippen molar-refractivity contribution in [1.82, 2.24) is 4.57 Å². The largest absolute Gasteiger partial charge is 0.327 e. The number of anilines is 1. The Balaban J connectivity index is 2.63. The van der Waals surface area contributed by atoms with E-state index < -0.39 is 9.84 Å². The maximum Gasteiger partial charge on any atom is 0.225 e. The van der Waals surface area contributed by atoms with E-state index in [0.717, 1.165) is 18.5 Å². The van der Waals surface area contributed by atoms with Crippen molar-refractivity contribution in [3.63, 3.8) is 0 Å². The summed E-state index contributed by atoms with van der Waals surface area (Å²) in [6.45, 7) is 9.79. The molecule has 0 fully saturated rings. The number of benzene rings is 1. The molecule has 0 saturated carbocycles. The normalized spacial score (nSPS) is 11.3. The van der Waals surface area contributed by atoms with Crippen LogP contribution in [0.15, 0.2) is 52.8 Å². The second kappa shape index (κ2) is 8.36. The highest BCUT2D eigenvalue weighted by molar-refractivity contribution is 7.91. The molecule has 0 unspecified atom stereocenters. The van der Waals surface area contributed by atoms with Crippen LogP contribution in [0.5, 0.6) is 0 Å². The highest BCUT2D eigenvalue weighted by Crippen LogP contribution is 2.35. The van der Waals surface area contributed by atoms with E-state index in [1.165, 1.54) is 0 Å². The molecule has 1 heterocycles. The molecule has 140 valence electrons. The van der Waals surface area contributed by atoms with E-state index in [-0.39, 0.29) is 15.7 Å². The van der Waals surface area contributed by atoms with Crippen molar-refractivity contribution in [2.24, 2.45) is 0 Å². The third-order valence-electron chi connectivity index (χ3n) is 4.42. The number of allylic oxidation sites excluding steroid dienone is 1. The molecule has 2 rings (SSSR count). The van der Waals surface area contributed by atoms with Gasteiger partial charge in [-0.15, -0.1) is 6.58 Å². The highest BCUT2D eigenvalue weighted by atomic mass is 32.2. The van der Waals surface area contributed by atoms with Gasteiger partial charge >= 0.3 is 0 Å². The quantitative estimate of drug-likeness (QED) is 0.702. The lowest BCUT2D eigenvalue weighted by Crippen LogP contribution is -2.17. The average molecular weight is 375 g/mol. The molecule has 0 radical (unpaired) electrons. The van der Waals surface area contributed by atoms with E-state index in [1.54, 1.807) is 47.9 Å². The molecule has 1 aromatic carbocycles. The monoisotopic (exact) mass is 374 g/mol. The van der Waals surface area contributed by atoms with Gasteiger partial charge in [0.1, 0.15) is 10.7 Å². The zero-order valence-corrected chi connectivity index (χ0v) is 16.4. The molecule has 1 amide bonds. The molecule has 0 aliphatic rings. The molecule has 5 nitrogen and oxygen atoms in total. The Kier molecular flexibility index (Phi) is 6.42. The Bertz CT molecular complexity index is 897. The van der Waals surface area contributed by atoms with E-state index >= 15 is 0 Å².